The third kappa shape index (κ3) is 2.85. The molecule has 0 spiro atoms. The first-order valence-electron chi connectivity index (χ1n) is 5.98. The van der Waals surface area contributed by atoms with Crippen molar-refractivity contribution in [1.29, 1.82) is 0 Å². The first kappa shape index (κ1) is 13.4. The van der Waals surface area contributed by atoms with Crippen LogP contribution in [0.3, 0.4) is 0 Å². The lowest BCUT2D eigenvalue weighted by Crippen LogP contribution is -2.32. The number of phenols is 1. The maximum absolute atomic E-state index is 12.2. The first-order chi connectivity index (χ1) is 9.01. The Hall–Kier alpha value is -2.08. The molecule has 1 amide bonds. The van der Waals surface area contributed by atoms with E-state index in [0.717, 1.165) is 6.42 Å². The van der Waals surface area contributed by atoms with Gasteiger partial charge in [0.2, 0.25) is 0 Å². The van der Waals surface area contributed by atoms with Gasteiger partial charge in [0.1, 0.15) is 5.75 Å². The molecule has 0 saturated carbocycles. The van der Waals surface area contributed by atoms with Crippen LogP contribution in [0.1, 0.15) is 27.1 Å². The van der Waals surface area contributed by atoms with Crippen molar-refractivity contribution in [2.45, 2.75) is 12.5 Å². The van der Waals surface area contributed by atoms with E-state index in [0.29, 0.717) is 13.1 Å². The first-order valence-corrected chi connectivity index (χ1v) is 5.98. The van der Waals surface area contributed by atoms with Crippen molar-refractivity contribution in [2.75, 3.05) is 20.2 Å². The second-order valence-electron chi connectivity index (χ2n) is 4.56. The van der Waals surface area contributed by atoms with Gasteiger partial charge in [-0.15, -0.1) is 0 Å². The fourth-order valence-corrected chi connectivity index (χ4v) is 2.12. The Labute approximate surface area is 110 Å². The molecule has 1 saturated heterocycles. The molecule has 1 heterocycles. The number of nitrogens with two attached hydrogens (primary N) is 1. The highest BCUT2D eigenvalue weighted by molar-refractivity contribution is 5.98. The largest absolute Gasteiger partial charge is 0.508 e. The zero-order chi connectivity index (χ0) is 14.0. The summed E-state index contributed by atoms with van der Waals surface area (Å²) in [6.07, 6.45) is 0.758. The lowest BCUT2D eigenvalue weighted by Gasteiger charge is -2.16. The molecule has 3 N–H and O–H groups in total. The Morgan fingerprint density at radius 3 is 2.63 bits per heavy atom. The number of methoxy groups -OCH3 is 1. The van der Waals surface area contributed by atoms with Crippen molar-refractivity contribution in [1.82, 2.24) is 4.90 Å². The van der Waals surface area contributed by atoms with Gasteiger partial charge < -0.3 is 20.5 Å². The Morgan fingerprint density at radius 2 is 2.05 bits per heavy atom. The van der Waals surface area contributed by atoms with Crippen LogP contribution in [-0.4, -0.2) is 48.1 Å². The van der Waals surface area contributed by atoms with Crippen LogP contribution < -0.4 is 5.73 Å². The van der Waals surface area contributed by atoms with Crippen LogP contribution in [-0.2, 0) is 4.74 Å². The highest BCUT2D eigenvalue weighted by Gasteiger charge is 2.25. The Kier molecular flexibility index (Phi) is 3.71. The zero-order valence-corrected chi connectivity index (χ0v) is 10.6. The molecule has 1 unspecified atom stereocenters. The molecule has 6 heteroatoms. The third-order valence-electron chi connectivity index (χ3n) is 3.10. The van der Waals surface area contributed by atoms with E-state index in [9.17, 15) is 14.7 Å². The van der Waals surface area contributed by atoms with Crippen molar-refractivity contribution in [3.8, 4) is 5.75 Å². The maximum Gasteiger partial charge on any atom is 0.338 e. The van der Waals surface area contributed by atoms with Gasteiger partial charge in [-0.1, -0.05) is 0 Å². The van der Waals surface area contributed by atoms with Gasteiger partial charge in [0.25, 0.3) is 5.91 Å². The van der Waals surface area contributed by atoms with Gasteiger partial charge >= 0.3 is 5.97 Å². The van der Waals surface area contributed by atoms with E-state index in [-0.39, 0.29) is 28.8 Å². The molecule has 6 nitrogen and oxygen atoms in total. The molecule has 1 aromatic rings. The van der Waals surface area contributed by atoms with E-state index in [4.69, 9.17) is 5.73 Å². The van der Waals surface area contributed by atoms with Crippen molar-refractivity contribution < 1.29 is 19.4 Å². The topological polar surface area (TPSA) is 92.9 Å². The van der Waals surface area contributed by atoms with Crippen molar-refractivity contribution >= 4 is 11.9 Å². The van der Waals surface area contributed by atoms with Crippen LogP contribution in [0.15, 0.2) is 18.2 Å². The predicted molar refractivity (Wildman–Crippen MR) is 67.9 cm³/mol. The van der Waals surface area contributed by atoms with Crippen LogP contribution >= 0.6 is 0 Å². The standard InChI is InChI=1S/C13H16N2O4/c1-19-13(18)9-4-8(5-11(16)6-9)12(17)15-3-2-10(14)7-15/h4-6,10,16H,2-3,7,14H2,1H3. The number of nitrogens with zero attached hydrogens (tertiary/aromatic N) is 1. The van der Waals surface area contributed by atoms with E-state index in [1.165, 1.54) is 25.3 Å². The number of benzene rings is 1. The molecule has 0 aromatic heterocycles. The summed E-state index contributed by atoms with van der Waals surface area (Å²) in [5.41, 5.74) is 6.16. The number of ether oxygens (including phenoxy) is 1. The molecule has 2 rings (SSSR count). The minimum atomic E-state index is -0.594. The summed E-state index contributed by atoms with van der Waals surface area (Å²) >= 11 is 0. The molecule has 0 radical (unpaired) electrons. The van der Waals surface area contributed by atoms with Crippen LogP contribution in [0, 0.1) is 0 Å². The number of amides is 1. The Balaban J connectivity index is 2.26. The molecule has 1 aliphatic rings. The second kappa shape index (κ2) is 5.27. The lowest BCUT2D eigenvalue weighted by molar-refractivity contribution is 0.0600. The third-order valence-corrected chi connectivity index (χ3v) is 3.10. The van der Waals surface area contributed by atoms with Crippen molar-refractivity contribution in [2.24, 2.45) is 5.73 Å². The summed E-state index contributed by atoms with van der Waals surface area (Å²) in [6, 6.07) is 4.00. The van der Waals surface area contributed by atoms with Gasteiger partial charge in [-0.05, 0) is 24.6 Å². The van der Waals surface area contributed by atoms with E-state index in [2.05, 4.69) is 4.74 Å². The molecule has 0 bridgehead atoms. The lowest BCUT2D eigenvalue weighted by atomic mass is 10.1. The molecular weight excluding hydrogens is 248 g/mol. The molecule has 1 aliphatic heterocycles. The minimum absolute atomic E-state index is 0.0127. The van der Waals surface area contributed by atoms with E-state index >= 15 is 0 Å². The van der Waals surface area contributed by atoms with Crippen LogP contribution in [0.25, 0.3) is 0 Å². The molecule has 0 aliphatic carbocycles. The Morgan fingerprint density at radius 1 is 1.37 bits per heavy atom. The number of hydrogen-bond acceptors (Lipinski definition) is 5. The number of likely N-dealkylation sites (tertiary alicyclic amines) is 1. The van der Waals surface area contributed by atoms with Gasteiger partial charge in [-0.25, -0.2) is 4.79 Å². The fraction of sp³-hybridized carbons (Fsp3) is 0.385. The highest BCUT2D eigenvalue weighted by Crippen LogP contribution is 2.19. The molecule has 1 atom stereocenters. The molecule has 1 aromatic carbocycles. The van der Waals surface area contributed by atoms with Gasteiger partial charge in [0.05, 0.1) is 12.7 Å². The van der Waals surface area contributed by atoms with Crippen LogP contribution in [0.2, 0.25) is 0 Å². The number of carbonyl (C=O) groups is 2. The molecular formula is C13H16N2O4. The second-order valence-corrected chi connectivity index (χ2v) is 4.56. The highest BCUT2D eigenvalue weighted by atomic mass is 16.5. The van der Waals surface area contributed by atoms with Crippen molar-refractivity contribution in [3.63, 3.8) is 0 Å². The van der Waals surface area contributed by atoms with Crippen LogP contribution in [0.5, 0.6) is 5.75 Å². The van der Waals surface area contributed by atoms with E-state index < -0.39 is 5.97 Å². The molecule has 1 fully saturated rings. The summed E-state index contributed by atoms with van der Waals surface area (Å²) in [5, 5.41) is 9.58. The summed E-state index contributed by atoms with van der Waals surface area (Å²) < 4.78 is 4.57. The number of aromatic hydroxyl groups is 1. The average molecular weight is 264 g/mol. The summed E-state index contributed by atoms with van der Waals surface area (Å²) in [7, 11) is 1.24. The van der Waals surface area contributed by atoms with E-state index in [1.54, 1.807) is 4.90 Å². The van der Waals surface area contributed by atoms with E-state index in [1.807, 2.05) is 0 Å². The average Bonchev–Trinajstić information content (AvgIpc) is 2.82. The number of esters is 1. The normalized spacial score (nSPS) is 18.4. The molecule has 102 valence electrons. The monoisotopic (exact) mass is 264 g/mol. The van der Waals surface area contributed by atoms with Gasteiger partial charge in [-0.3, -0.25) is 4.79 Å². The number of phenolic OH excluding ortho intramolecular Hbond substituents is 1. The van der Waals surface area contributed by atoms with Gasteiger partial charge in [0.15, 0.2) is 0 Å². The van der Waals surface area contributed by atoms with Gasteiger partial charge in [0, 0.05) is 24.7 Å². The number of hydrogen-bond donors (Lipinski definition) is 2. The number of carbonyl (C=O) groups excluding carboxylic acids is 2. The maximum atomic E-state index is 12.2. The zero-order valence-electron chi connectivity index (χ0n) is 10.6. The minimum Gasteiger partial charge on any atom is -0.508 e. The SMILES string of the molecule is COC(=O)c1cc(O)cc(C(=O)N2CCC(N)C2)c1. The molecule has 19 heavy (non-hydrogen) atoms. The number of rotatable bonds is 2. The predicted octanol–water partition coefficient (Wildman–Crippen LogP) is 0.352. The fourth-order valence-electron chi connectivity index (χ4n) is 2.12. The van der Waals surface area contributed by atoms with Crippen molar-refractivity contribution in [3.05, 3.63) is 29.3 Å². The van der Waals surface area contributed by atoms with Crippen LogP contribution in [0.4, 0.5) is 0 Å². The van der Waals surface area contributed by atoms with Gasteiger partial charge in [-0.2, -0.15) is 0 Å². The Bertz CT molecular complexity index is 515. The summed E-state index contributed by atoms with van der Waals surface area (Å²) in [6.45, 7) is 1.07. The smallest absolute Gasteiger partial charge is 0.338 e. The summed E-state index contributed by atoms with van der Waals surface area (Å²) in [4.78, 5) is 25.3. The summed E-state index contributed by atoms with van der Waals surface area (Å²) in [5.74, 6) is -0.980. The quantitative estimate of drug-likeness (QED) is 0.752.